The number of furan rings is 1. The Hall–Kier alpha value is -2.25. The summed E-state index contributed by atoms with van der Waals surface area (Å²) in [5, 5.41) is 6.10. The maximum atomic E-state index is 13.0. The molecule has 2 aliphatic rings. The number of hydrogen-bond donors (Lipinski definition) is 2. The minimum Gasteiger partial charge on any atom is -0.459 e. The van der Waals surface area contributed by atoms with Crippen LogP contribution >= 0.6 is 11.8 Å². The Morgan fingerprint density at radius 1 is 1.13 bits per heavy atom. The Morgan fingerprint density at radius 2 is 1.87 bits per heavy atom. The first kappa shape index (κ1) is 22.0. The molecule has 0 spiro atoms. The number of benzene rings is 1. The van der Waals surface area contributed by atoms with Gasteiger partial charge in [0.2, 0.25) is 5.91 Å². The molecule has 2 bridgehead atoms. The van der Waals surface area contributed by atoms with Crippen LogP contribution in [0.25, 0.3) is 0 Å². The van der Waals surface area contributed by atoms with E-state index in [1.165, 1.54) is 24.7 Å². The van der Waals surface area contributed by atoms with E-state index in [2.05, 4.69) is 45.9 Å². The Morgan fingerprint density at radius 3 is 2.52 bits per heavy atom. The van der Waals surface area contributed by atoms with E-state index in [-0.39, 0.29) is 23.6 Å². The quantitative estimate of drug-likeness (QED) is 0.624. The summed E-state index contributed by atoms with van der Waals surface area (Å²) in [6, 6.07) is 14.5. The highest BCUT2D eigenvalue weighted by Crippen LogP contribution is 2.36. The minimum absolute atomic E-state index is 0.0881. The third kappa shape index (κ3) is 5.52. The lowest BCUT2D eigenvalue weighted by Gasteiger charge is -2.39. The van der Waals surface area contributed by atoms with Gasteiger partial charge in [0.15, 0.2) is 5.76 Å². The largest absolute Gasteiger partial charge is 0.459 e. The lowest BCUT2D eigenvalue weighted by atomic mass is 9.96. The Kier molecular flexibility index (Phi) is 7.35. The minimum atomic E-state index is -0.551. The van der Waals surface area contributed by atoms with Crippen LogP contribution in [0.15, 0.2) is 53.1 Å². The fourth-order valence-electron chi connectivity index (χ4n) is 4.89. The number of hydrogen-bond acceptors (Lipinski definition) is 5. The second-order valence-corrected chi connectivity index (χ2v) is 9.49. The van der Waals surface area contributed by atoms with Gasteiger partial charge in [0, 0.05) is 24.7 Å². The SMILES string of the molecule is CSCCC(NC(=O)c1ccco1)C(=O)NC1CC2CCC(C1)N2Cc1ccccc1. The molecule has 31 heavy (non-hydrogen) atoms. The molecule has 0 aliphatic carbocycles. The first-order chi connectivity index (χ1) is 15.1. The molecule has 2 aromatic rings. The van der Waals surface area contributed by atoms with Crippen LogP contribution in [-0.4, -0.2) is 52.9 Å². The number of thioether (sulfide) groups is 1. The summed E-state index contributed by atoms with van der Waals surface area (Å²) in [5.74, 6) is 0.602. The van der Waals surface area contributed by atoms with Crippen molar-refractivity contribution in [3.8, 4) is 0 Å². The van der Waals surface area contributed by atoms with Gasteiger partial charge >= 0.3 is 0 Å². The van der Waals surface area contributed by atoms with Crippen molar-refractivity contribution in [3.63, 3.8) is 0 Å². The smallest absolute Gasteiger partial charge is 0.287 e. The van der Waals surface area contributed by atoms with E-state index in [4.69, 9.17) is 4.42 Å². The summed E-state index contributed by atoms with van der Waals surface area (Å²) in [6.07, 6.45) is 8.38. The second kappa shape index (κ2) is 10.4. The summed E-state index contributed by atoms with van der Waals surface area (Å²) >= 11 is 1.67. The van der Waals surface area contributed by atoms with Gasteiger partial charge in [0.1, 0.15) is 6.04 Å². The van der Waals surface area contributed by atoms with E-state index in [9.17, 15) is 9.59 Å². The first-order valence-corrected chi connectivity index (χ1v) is 12.5. The molecule has 2 aliphatic heterocycles. The molecule has 4 rings (SSSR count). The van der Waals surface area contributed by atoms with E-state index < -0.39 is 6.04 Å². The van der Waals surface area contributed by atoms with Crippen LogP contribution in [-0.2, 0) is 11.3 Å². The predicted octanol–water partition coefficient (Wildman–Crippen LogP) is 3.44. The highest BCUT2D eigenvalue weighted by atomic mass is 32.2. The predicted molar refractivity (Wildman–Crippen MR) is 123 cm³/mol. The number of amides is 2. The van der Waals surface area contributed by atoms with Crippen LogP contribution in [0.2, 0.25) is 0 Å². The van der Waals surface area contributed by atoms with Crippen LogP contribution in [0.4, 0.5) is 0 Å². The zero-order valence-electron chi connectivity index (χ0n) is 18.0. The van der Waals surface area contributed by atoms with Crippen molar-refractivity contribution < 1.29 is 14.0 Å². The third-order valence-electron chi connectivity index (χ3n) is 6.42. The normalized spacial score (nSPS) is 24.0. The van der Waals surface area contributed by atoms with Crippen LogP contribution in [0.3, 0.4) is 0 Å². The number of carbonyl (C=O) groups is 2. The molecule has 7 heteroatoms. The topological polar surface area (TPSA) is 74.6 Å². The third-order valence-corrected chi connectivity index (χ3v) is 7.06. The van der Waals surface area contributed by atoms with Crippen molar-refractivity contribution in [2.75, 3.05) is 12.0 Å². The molecule has 2 saturated heterocycles. The summed E-state index contributed by atoms with van der Waals surface area (Å²) < 4.78 is 5.17. The molecule has 0 radical (unpaired) electrons. The molecule has 2 fully saturated rings. The summed E-state index contributed by atoms with van der Waals surface area (Å²) in [7, 11) is 0. The first-order valence-electron chi connectivity index (χ1n) is 11.1. The van der Waals surface area contributed by atoms with E-state index >= 15 is 0 Å². The Labute approximate surface area is 188 Å². The zero-order chi connectivity index (χ0) is 21.6. The van der Waals surface area contributed by atoms with Crippen LogP contribution < -0.4 is 10.6 Å². The molecule has 2 amide bonds. The number of rotatable bonds is 9. The molecule has 1 aromatic heterocycles. The van der Waals surface area contributed by atoms with Gasteiger partial charge in [-0.1, -0.05) is 30.3 Å². The fourth-order valence-corrected chi connectivity index (χ4v) is 5.36. The lowest BCUT2D eigenvalue weighted by Crippen LogP contribution is -2.54. The maximum absolute atomic E-state index is 13.0. The van der Waals surface area contributed by atoms with Crippen molar-refractivity contribution in [1.29, 1.82) is 0 Å². The van der Waals surface area contributed by atoms with Gasteiger partial charge < -0.3 is 15.1 Å². The number of piperidine rings is 1. The molecule has 1 aromatic carbocycles. The van der Waals surface area contributed by atoms with Gasteiger partial charge in [-0.25, -0.2) is 0 Å². The average molecular weight is 442 g/mol. The maximum Gasteiger partial charge on any atom is 0.287 e. The molecular formula is C24H31N3O3S. The number of fused-ring (bicyclic) bond motifs is 2. The summed E-state index contributed by atoms with van der Waals surface area (Å²) in [5.41, 5.74) is 1.35. The summed E-state index contributed by atoms with van der Waals surface area (Å²) in [6.45, 7) is 0.979. The van der Waals surface area contributed by atoms with E-state index in [1.807, 2.05) is 6.26 Å². The fraction of sp³-hybridized carbons (Fsp3) is 0.500. The van der Waals surface area contributed by atoms with E-state index in [0.717, 1.165) is 25.1 Å². The molecular weight excluding hydrogens is 410 g/mol. The Balaban J connectivity index is 1.34. The van der Waals surface area contributed by atoms with Gasteiger partial charge in [-0.15, -0.1) is 0 Å². The Bertz CT molecular complexity index is 844. The van der Waals surface area contributed by atoms with Crippen molar-refractivity contribution >= 4 is 23.6 Å². The summed E-state index contributed by atoms with van der Waals surface area (Å²) in [4.78, 5) is 28.1. The van der Waals surface area contributed by atoms with Crippen LogP contribution in [0, 0.1) is 0 Å². The van der Waals surface area contributed by atoms with E-state index in [0.29, 0.717) is 18.5 Å². The van der Waals surface area contributed by atoms with Crippen LogP contribution in [0.1, 0.15) is 48.2 Å². The van der Waals surface area contributed by atoms with E-state index in [1.54, 1.807) is 23.9 Å². The number of nitrogens with one attached hydrogen (secondary N) is 2. The molecule has 3 heterocycles. The van der Waals surface area contributed by atoms with Crippen LogP contribution in [0.5, 0.6) is 0 Å². The zero-order valence-corrected chi connectivity index (χ0v) is 18.8. The average Bonchev–Trinajstić information content (AvgIpc) is 3.39. The van der Waals surface area contributed by atoms with Crippen molar-refractivity contribution in [2.45, 2.75) is 62.8 Å². The standard InChI is InChI=1S/C24H31N3O3S/c1-31-13-11-21(26-24(29)22-8-5-12-30-22)23(28)25-18-14-19-9-10-20(15-18)27(19)16-17-6-3-2-4-7-17/h2-8,12,18-21H,9-11,13-16H2,1H3,(H,25,28)(H,26,29). The van der Waals surface area contributed by atoms with Gasteiger partial charge in [-0.2, -0.15) is 11.8 Å². The van der Waals surface area contributed by atoms with Crippen molar-refractivity contribution in [3.05, 3.63) is 60.1 Å². The van der Waals surface area contributed by atoms with Gasteiger partial charge in [0.25, 0.3) is 5.91 Å². The lowest BCUT2D eigenvalue weighted by molar-refractivity contribution is -0.124. The van der Waals surface area contributed by atoms with Gasteiger partial charge in [-0.3, -0.25) is 14.5 Å². The highest BCUT2D eigenvalue weighted by Gasteiger charge is 2.41. The van der Waals surface area contributed by atoms with Crippen molar-refractivity contribution in [1.82, 2.24) is 15.5 Å². The molecule has 3 atom stereocenters. The number of carbonyl (C=O) groups excluding carboxylic acids is 2. The second-order valence-electron chi connectivity index (χ2n) is 8.50. The highest BCUT2D eigenvalue weighted by molar-refractivity contribution is 7.98. The molecule has 2 N–H and O–H groups in total. The monoisotopic (exact) mass is 441 g/mol. The number of nitrogens with zero attached hydrogens (tertiary/aromatic N) is 1. The van der Waals surface area contributed by atoms with Gasteiger partial charge in [0.05, 0.1) is 6.26 Å². The molecule has 166 valence electrons. The van der Waals surface area contributed by atoms with Gasteiger partial charge in [-0.05, 0) is 61.8 Å². The van der Waals surface area contributed by atoms with Crippen molar-refractivity contribution in [2.24, 2.45) is 0 Å². The molecule has 3 unspecified atom stereocenters. The molecule has 0 saturated carbocycles. The molecule has 6 nitrogen and oxygen atoms in total.